The molecule has 2 atom stereocenters. The Labute approximate surface area is 182 Å². The Morgan fingerprint density at radius 1 is 1.11 bits per heavy atom. The summed E-state index contributed by atoms with van der Waals surface area (Å²) in [4.78, 5) is 67.7. The third-order valence-electron chi connectivity index (χ3n) is 3.13. The summed E-state index contributed by atoms with van der Waals surface area (Å²) in [6.45, 7) is 0. The first-order valence-electron chi connectivity index (χ1n) is 7.08. The van der Waals surface area contributed by atoms with Crippen molar-refractivity contribution in [3.8, 4) is 0 Å². The van der Waals surface area contributed by atoms with Crippen LogP contribution in [0.15, 0.2) is 0 Å². The van der Waals surface area contributed by atoms with Crippen molar-refractivity contribution in [3.63, 3.8) is 0 Å². The third kappa shape index (κ3) is 7.54. The number of carboxylic acids is 2. The van der Waals surface area contributed by atoms with Gasteiger partial charge in [-0.15, -0.1) is 0 Å². The number of aliphatic hydroxyl groups is 2. The second-order valence-corrected chi connectivity index (χ2v) is 9.92. The van der Waals surface area contributed by atoms with Gasteiger partial charge in [0.1, 0.15) is 0 Å². The number of carbonyl (C=O) groups is 6. The Hall–Kier alpha value is -1.42. The first kappa shape index (κ1) is 24.6. The Bertz CT molecular complexity index is 692. The molecule has 0 aliphatic carbocycles. The predicted molar refractivity (Wildman–Crippen MR) is 79.5 cm³/mol. The Morgan fingerprint density at radius 3 is 2.29 bits per heavy atom. The molecule has 4 radical (unpaired) electrons. The quantitative estimate of drug-likeness (QED) is 0.166. The van der Waals surface area contributed by atoms with E-state index in [2.05, 4.69) is 10.7 Å². The second-order valence-electron chi connectivity index (χ2n) is 5.45. The first-order chi connectivity index (χ1) is 12.9. The van der Waals surface area contributed by atoms with Crippen LogP contribution in [0.5, 0.6) is 0 Å². The average molecular weight is 795 g/mol. The molecule has 1 rings (SSSR count). The zero-order valence-electron chi connectivity index (χ0n) is 13.7. The number of carboxylic acid groups (broad SMARTS) is 2. The number of carbonyl (C=O) groups excluding carboxylic acids is 4. The minimum atomic E-state index is -2.97. The van der Waals surface area contributed by atoms with Gasteiger partial charge in [-0.05, 0) is 0 Å². The normalized spacial score (nSPS) is 21.4. The third-order valence-corrected chi connectivity index (χ3v) is 7.80. The van der Waals surface area contributed by atoms with E-state index in [1.165, 1.54) is 0 Å². The summed E-state index contributed by atoms with van der Waals surface area (Å²) in [6.07, 6.45) is -4.25. The van der Waals surface area contributed by atoms with Gasteiger partial charge in [-0.25, -0.2) is 0 Å². The van der Waals surface area contributed by atoms with E-state index in [4.69, 9.17) is 10.2 Å². The molecule has 0 bridgehead atoms. The van der Waals surface area contributed by atoms with Gasteiger partial charge in [0.2, 0.25) is 0 Å². The molecule has 0 aromatic heterocycles. The van der Waals surface area contributed by atoms with Gasteiger partial charge in [-0.3, -0.25) is 0 Å². The molecule has 0 saturated carbocycles. The fourth-order valence-electron chi connectivity index (χ4n) is 1.81. The van der Waals surface area contributed by atoms with Crippen LogP contribution in [-0.4, -0.2) is 118 Å². The maximum atomic E-state index is 11.7. The van der Waals surface area contributed by atoms with E-state index in [0.29, 0.717) is 0 Å². The van der Waals surface area contributed by atoms with Crippen molar-refractivity contribution in [2.75, 3.05) is 0 Å². The summed E-state index contributed by atoms with van der Waals surface area (Å²) in [5, 5.41) is 37.2. The van der Waals surface area contributed by atoms with Crippen molar-refractivity contribution in [1.29, 1.82) is 0 Å². The van der Waals surface area contributed by atoms with Crippen LogP contribution in [0.25, 0.3) is 0 Å². The maximum absolute atomic E-state index is 11.7. The van der Waals surface area contributed by atoms with Crippen molar-refractivity contribution >= 4 is 86.1 Å². The van der Waals surface area contributed by atoms with Crippen molar-refractivity contribution in [1.82, 2.24) is 0 Å². The van der Waals surface area contributed by atoms with E-state index in [9.17, 15) is 39.0 Å². The van der Waals surface area contributed by atoms with Crippen molar-refractivity contribution in [3.05, 3.63) is 0 Å². The fraction of sp³-hybridized carbons (Fsp3) is 0.500. The number of aliphatic carboxylic acids is 2. The Kier molecular flexibility index (Phi) is 9.13. The fourth-order valence-corrected chi connectivity index (χ4v) is 5.09. The van der Waals surface area contributed by atoms with E-state index >= 15 is 0 Å². The molecule has 0 spiro atoms. The Morgan fingerprint density at radius 2 is 1.71 bits per heavy atom. The summed E-state index contributed by atoms with van der Waals surface area (Å²) in [5.41, 5.74) is -5.38. The zero-order chi connectivity index (χ0) is 21.5. The first-order valence-corrected chi connectivity index (χ1v) is 13.4. The van der Waals surface area contributed by atoms with E-state index in [0.717, 1.165) is 0 Å². The van der Waals surface area contributed by atoms with Crippen LogP contribution in [0, 0.1) is 0 Å². The average Bonchev–Trinajstić information content (AvgIpc) is 2.64. The predicted octanol–water partition coefficient (Wildman–Crippen LogP) is -3.57. The summed E-state index contributed by atoms with van der Waals surface area (Å²) in [7, 11) is 0. The number of hydrogen-bond acceptors (Lipinski definition) is 12. The zero-order valence-corrected chi connectivity index (χ0v) is 21.5. The Balaban J connectivity index is 2.53. The van der Waals surface area contributed by atoms with Crippen LogP contribution in [0.2, 0.25) is 0 Å². The molecule has 0 amide bonds. The van der Waals surface area contributed by atoms with E-state index < -0.39 is 123 Å². The molecule has 1 fully saturated rings. The van der Waals surface area contributed by atoms with Gasteiger partial charge >= 0.3 is 183 Å². The molecule has 14 nitrogen and oxygen atoms in total. The van der Waals surface area contributed by atoms with Gasteiger partial charge in [0, 0.05) is 0 Å². The van der Waals surface area contributed by atoms with Gasteiger partial charge in [0.15, 0.2) is 0 Å². The molecule has 4 N–H and O–H groups in total. The minimum absolute atomic E-state index is 0.817. The van der Waals surface area contributed by atoms with Crippen LogP contribution < -0.4 is 0 Å². The molecule has 1 aliphatic rings. The molecule has 1 aliphatic heterocycles. The van der Waals surface area contributed by atoms with E-state index in [-0.39, 0.29) is 0 Å². The van der Waals surface area contributed by atoms with Gasteiger partial charge in [0.25, 0.3) is 0 Å². The number of hydrogen-bond donors (Lipinski definition) is 4. The molecule has 1 heterocycles. The second kappa shape index (κ2) is 10.4. The van der Waals surface area contributed by atoms with Crippen LogP contribution in [0.1, 0.15) is 25.7 Å². The molecule has 0 aromatic rings. The molecule has 0 aromatic carbocycles. The molecule has 28 heavy (non-hydrogen) atoms. The standard InChI is InChI=1S/2C6H8O7.2Pb/c2*7-3(8)1-6(13,5(11)12)2-4(9)10;;/h2*13H,1-2H2,(H,7,8)(H,9,10)(H,11,12);;/q;;2*+2/p-4. The molecule has 1 saturated heterocycles. The summed E-state index contributed by atoms with van der Waals surface area (Å²) >= 11 is -5.43. The monoisotopic (exact) mass is 796 g/mol. The van der Waals surface area contributed by atoms with Gasteiger partial charge in [-0.1, -0.05) is 0 Å². The molecular weight excluding hydrogens is 783 g/mol. The van der Waals surface area contributed by atoms with E-state index in [1.807, 2.05) is 0 Å². The van der Waals surface area contributed by atoms with Crippen LogP contribution in [0.4, 0.5) is 0 Å². The van der Waals surface area contributed by atoms with Crippen LogP contribution in [-0.2, 0) is 39.5 Å². The van der Waals surface area contributed by atoms with Crippen molar-refractivity contribution in [2.24, 2.45) is 0 Å². The molecule has 152 valence electrons. The summed E-state index contributed by atoms with van der Waals surface area (Å²) in [6, 6.07) is 0. The summed E-state index contributed by atoms with van der Waals surface area (Å²) < 4.78 is 18.4. The van der Waals surface area contributed by atoms with Crippen molar-refractivity contribution < 1.29 is 59.9 Å². The van der Waals surface area contributed by atoms with E-state index in [1.54, 1.807) is 0 Å². The van der Waals surface area contributed by atoms with Crippen LogP contribution >= 0.6 is 0 Å². The summed E-state index contributed by atoms with van der Waals surface area (Å²) in [5.74, 6) is -8.24. The number of rotatable bonds is 9. The van der Waals surface area contributed by atoms with Gasteiger partial charge in [0.05, 0.1) is 0 Å². The SMILES string of the molecule is O=C(O)CC(O)(CC(=O)[O][Pb][O]C(=O)CC1(O)CC(=O)[O][Pb][O]C1=O)C(=O)O. The van der Waals surface area contributed by atoms with Gasteiger partial charge < -0.3 is 0 Å². The van der Waals surface area contributed by atoms with Crippen LogP contribution in [0.3, 0.4) is 0 Å². The molecule has 16 heteroatoms. The van der Waals surface area contributed by atoms with Gasteiger partial charge in [-0.2, -0.15) is 0 Å². The topological polar surface area (TPSA) is 220 Å². The molecular formula is C12H12O14Pb2. The molecule has 2 unspecified atom stereocenters. The van der Waals surface area contributed by atoms with Crippen molar-refractivity contribution in [2.45, 2.75) is 36.9 Å².